The third-order valence-electron chi connectivity index (χ3n) is 4.35. The summed E-state index contributed by atoms with van der Waals surface area (Å²) >= 11 is 0. The molecule has 0 radical (unpaired) electrons. The number of ether oxygens (including phenoxy) is 1. The summed E-state index contributed by atoms with van der Waals surface area (Å²) in [7, 11) is 1.80. The van der Waals surface area contributed by atoms with Crippen LogP contribution in [0.5, 0.6) is 0 Å². The molecule has 1 N–H and O–H groups in total. The molecule has 3 heteroatoms. The van der Waals surface area contributed by atoms with E-state index in [1.54, 1.807) is 7.11 Å². The highest BCUT2D eigenvalue weighted by Gasteiger charge is 2.32. The predicted octanol–water partition coefficient (Wildman–Crippen LogP) is 2.76. The van der Waals surface area contributed by atoms with Crippen molar-refractivity contribution in [1.29, 1.82) is 0 Å². The van der Waals surface area contributed by atoms with Crippen LogP contribution < -0.4 is 5.32 Å². The fourth-order valence-electron chi connectivity index (χ4n) is 3.05. The molecule has 0 aliphatic carbocycles. The lowest BCUT2D eigenvalue weighted by Crippen LogP contribution is -2.60. The van der Waals surface area contributed by atoms with Crippen molar-refractivity contribution in [3.63, 3.8) is 0 Å². The maximum Gasteiger partial charge on any atom is 0.0477 e. The quantitative estimate of drug-likeness (QED) is 0.770. The van der Waals surface area contributed by atoms with Crippen molar-refractivity contribution in [2.75, 3.05) is 26.8 Å². The van der Waals surface area contributed by atoms with Gasteiger partial charge in [-0.3, -0.25) is 4.90 Å². The second kappa shape index (κ2) is 8.23. The average Bonchev–Trinajstić information content (AvgIpc) is 2.35. The topological polar surface area (TPSA) is 24.5 Å². The van der Waals surface area contributed by atoms with Crippen molar-refractivity contribution in [3.05, 3.63) is 0 Å². The van der Waals surface area contributed by atoms with Crippen molar-refractivity contribution in [2.24, 2.45) is 11.8 Å². The van der Waals surface area contributed by atoms with Gasteiger partial charge in [-0.15, -0.1) is 0 Å². The van der Waals surface area contributed by atoms with E-state index in [-0.39, 0.29) is 0 Å². The van der Waals surface area contributed by atoms with Crippen LogP contribution in [0.3, 0.4) is 0 Å². The Kier molecular flexibility index (Phi) is 7.33. The molecule has 3 unspecified atom stereocenters. The van der Waals surface area contributed by atoms with E-state index in [1.807, 2.05) is 0 Å². The van der Waals surface area contributed by atoms with E-state index in [9.17, 15) is 0 Å². The monoisotopic (exact) mass is 270 g/mol. The van der Waals surface area contributed by atoms with Crippen LogP contribution in [0.1, 0.15) is 47.5 Å². The number of hydrogen-bond donors (Lipinski definition) is 1. The molecule has 19 heavy (non-hydrogen) atoms. The van der Waals surface area contributed by atoms with Crippen LogP contribution in [-0.4, -0.2) is 49.8 Å². The molecule has 0 saturated carbocycles. The van der Waals surface area contributed by atoms with Gasteiger partial charge in [-0.05, 0) is 31.6 Å². The highest BCUT2D eigenvalue weighted by molar-refractivity contribution is 4.90. The van der Waals surface area contributed by atoms with Gasteiger partial charge in [0, 0.05) is 44.9 Å². The first-order valence-corrected chi connectivity index (χ1v) is 7.93. The molecule has 0 amide bonds. The van der Waals surface area contributed by atoms with Gasteiger partial charge in [0.2, 0.25) is 0 Å². The molecular formula is C16H34N2O. The van der Waals surface area contributed by atoms with Crippen molar-refractivity contribution in [3.8, 4) is 0 Å². The standard InChI is InChI=1S/C16H34N2O/c1-12(2)9-15-10-17-16(13(3)4)11-18(15)14(5)7-8-19-6/h12-17H,7-11H2,1-6H3. The Bertz CT molecular complexity index is 243. The molecule has 0 aromatic heterocycles. The summed E-state index contributed by atoms with van der Waals surface area (Å²) < 4.78 is 5.25. The molecule has 0 aromatic rings. The van der Waals surface area contributed by atoms with Gasteiger partial charge in [0.05, 0.1) is 0 Å². The SMILES string of the molecule is COCCC(C)N1CC(C(C)C)NCC1CC(C)C. The van der Waals surface area contributed by atoms with E-state index in [0.717, 1.165) is 25.5 Å². The van der Waals surface area contributed by atoms with E-state index in [1.165, 1.54) is 13.0 Å². The Balaban J connectivity index is 2.64. The molecule has 1 fully saturated rings. The molecule has 1 aliphatic heterocycles. The van der Waals surface area contributed by atoms with Gasteiger partial charge in [0.25, 0.3) is 0 Å². The van der Waals surface area contributed by atoms with Crippen molar-refractivity contribution < 1.29 is 4.74 Å². The lowest BCUT2D eigenvalue weighted by molar-refractivity contribution is 0.0492. The molecule has 1 saturated heterocycles. The van der Waals surface area contributed by atoms with Crippen LogP contribution in [0.4, 0.5) is 0 Å². The summed E-state index contributed by atoms with van der Waals surface area (Å²) in [6, 6.07) is 1.93. The molecule has 3 nitrogen and oxygen atoms in total. The van der Waals surface area contributed by atoms with E-state index in [4.69, 9.17) is 4.74 Å². The van der Waals surface area contributed by atoms with Crippen LogP contribution in [0.25, 0.3) is 0 Å². The highest BCUT2D eigenvalue weighted by atomic mass is 16.5. The van der Waals surface area contributed by atoms with Crippen LogP contribution in [0.15, 0.2) is 0 Å². The highest BCUT2D eigenvalue weighted by Crippen LogP contribution is 2.21. The van der Waals surface area contributed by atoms with Crippen molar-refractivity contribution in [2.45, 2.75) is 65.6 Å². The summed E-state index contributed by atoms with van der Waals surface area (Å²) in [6.45, 7) is 14.8. The van der Waals surface area contributed by atoms with Crippen LogP contribution in [0, 0.1) is 11.8 Å². The number of piperazine rings is 1. The number of hydrogen-bond acceptors (Lipinski definition) is 3. The first kappa shape index (κ1) is 16.9. The van der Waals surface area contributed by atoms with E-state index < -0.39 is 0 Å². The van der Waals surface area contributed by atoms with Gasteiger partial charge in [0.1, 0.15) is 0 Å². The van der Waals surface area contributed by atoms with Crippen molar-refractivity contribution in [1.82, 2.24) is 10.2 Å². The average molecular weight is 270 g/mol. The third kappa shape index (κ3) is 5.41. The van der Waals surface area contributed by atoms with Gasteiger partial charge in [0.15, 0.2) is 0 Å². The Morgan fingerprint density at radius 1 is 1.21 bits per heavy atom. The van der Waals surface area contributed by atoms with Crippen molar-refractivity contribution >= 4 is 0 Å². The summed E-state index contributed by atoms with van der Waals surface area (Å²) in [5, 5.41) is 3.74. The molecule has 1 heterocycles. The zero-order valence-electron chi connectivity index (χ0n) is 13.8. The maximum absolute atomic E-state index is 5.25. The Morgan fingerprint density at radius 2 is 1.89 bits per heavy atom. The van der Waals surface area contributed by atoms with Crippen LogP contribution in [0.2, 0.25) is 0 Å². The summed E-state index contributed by atoms with van der Waals surface area (Å²) in [4.78, 5) is 2.72. The number of rotatable bonds is 7. The molecular weight excluding hydrogens is 236 g/mol. The summed E-state index contributed by atoms with van der Waals surface area (Å²) in [5.74, 6) is 1.47. The van der Waals surface area contributed by atoms with E-state index >= 15 is 0 Å². The molecule has 0 spiro atoms. The number of nitrogens with zero attached hydrogens (tertiary/aromatic N) is 1. The van der Waals surface area contributed by atoms with Gasteiger partial charge >= 0.3 is 0 Å². The predicted molar refractivity (Wildman–Crippen MR) is 82.5 cm³/mol. The largest absolute Gasteiger partial charge is 0.385 e. The van der Waals surface area contributed by atoms with Crippen LogP contribution in [-0.2, 0) is 4.74 Å². The lowest BCUT2D eigenvalue weighted by atomic mass is 9.93. The molecule has 114 valence electrons. The fraction of sp³-hybridized carbons (Fsp3) is 1.00. The number of nitrogens with one attached hydrogen (secondary N) is 1. The minimum atomic E-state index is 0.618. The van der Waals surface area contributed by atoms with E-state index in [2.05, 4.69) is 44.8 Å². The normalized spacial score (nSPS) is 27.2. The first-order valence-electron chi connectivity index (χ1n) is 7.93. The van der Waals surface area contributed by atoms with Gasteiger partial charge < -0.3 is 10.1 Å². The maximum atomic E-state index is 5.25. The van der Waals surface area contributed by atoms with Gasteiger partial charge in [-0.25, -0.2) is 0 Å². The molecule has 0 bridgehead atoms. The van der Waals surface area contributed by atoms with Gasteiger partial charge in [-0.1, -0.05) is 27.7 Å². The second-order valence-electron chi connectivity index (χ2n) is 6.87. The lowest BCUT2D eigenvalue weighted by Gasteiger charge is -2.45. The summed E-state index contributed by atoms with van der Waals surface area (Å²) in [6.07, 6.45) is 2.42. The minimum absolute atomic E-state index is 0.618. The minimum Gasteiger partial charge on any atom is -0.385 e. The Morgan fingerprint density at radius 3 is 2.42 bits per heavy atom. The number of methoxy groups -OCH3 is 1. The molecule has 0 aromatic carbocycles. The van der Waals surface area contributed by atoms with E-state index in [0.29, 0.717) is 24.0 Å². The third-order valence-corrected chi connectivity index (χ3v) is 4.35. The fourth-order valence-corrected chi connectivity index (χ4v) is 3.05. The zero-order chi connectivity index (χ0) is 14.4. The first-order chi connectivity index (χ1) is 8.95. The smallest absolute Gasteiger partial charge is 0.0477 e. The van der Waals surface area contributed by atoms with Crippen LogP contribution >= 0.6 is 0 Å². The zero-order valence-corrected chi connectivity index (χ0v) is 13.8. The second-order valence-corrected chi connectivity index (χ2v) is 6.87. The molecule has 1 aliphatic rings. The molecule has 1 rings (SSSR count). The summed E-state index contributed by atoms with van der Waals surface area (Å²) in [5.41, 5.74) is 0. The Labute approximate surface area is 120 Å². The molecule has 3 atom stereocenters. The van der Waals surface area contributed by atoms with Gasteiger partial charge in [-0.2, -0.15) is 0 Å². The Hall–Kier alpha value is -0.120.